The molecule has 0 amide bonds. The van der Waals surface area contributed by atoms with Crippen molar-refractivity contribution in [1.29, 1.82) is 0 Å². The average Bonchev–Trinajstić information content (AvgIpc) is 2.37. The lowest BCUT2D eigenvalue weighted by atomic mass is 10.1. The molecular formula is C14H8ClF3O3. The van der Waals surface area contributed by atoms with Crippen molar-refractivity contribution in [3.63, 3.8) is 0 Å². The number of carbonyl (C=O) groups is 1. The molecule has 0 aliphatic heterocycles. The highest BCUT2D eigenvalue weighted by atomic mass is 35.5. The fraction of sp³-hybridized carbons (Fsp3) is 0.0714. The van der Waals surface area contributed by atoms with Crippen molar-refractivity contribution in [2.24, 2.45) is 0 Å². The zero-order valence-electron chi connectivity index (χ0n) is 10.3. The molecule has 2 rings (SSSR count). The predicted octanol–water partition coefficient (Wildman–Crippen LogP) is 4.85. The smallest absolute Gasteiger partial charge is 0.419 e. The number of para-hydroxylation sites is 1. The minimum Gasteiger partial charge on any atom is -0.478 e. The summed E-state index contributed by atoms with van der Waals surface area (Å²) in [5, 5.41) is 9.17. The van der Waals surface area contributed by atoms with Gasteiger partial charge in [0.25, 0.3) is 0 Å². The number of aromatic carboxylic acids is 1. The first kappa shape index (κ1) is 15.2. The predicted molar refractivity (Wildman–Crippen MR) is 69.9 cm³/mol. The number of alkyl halides is 3. The molecular weight excluding hydrogens is 309 g/mol. The summed E-state index contributed by atoms with van der Waals surface area (Å²) < 4.78 is 43.7. The van der Waals surface area contributed by atoms with Crippen LogP contribution in [0.4, 0.5) is 13.2 Å². The van der Waals surface area contributed by atoms with Gasteiger partial charge in [0.05, 0.1) is 5.56 Å². The quantitative estimate of drug-likeness (QED) is 0.880. The van der Waals surface area contributed by atoms with Crippen LogP contribution in [-0.2, 0) is 6.18 Å². The monoisotopic (exact) mass is 316 g/mol. The van der Waals surface area contributed by atoms with E-state index < -0.39 is 23.5 Å². The largest absolute Gasteiger partial charge is 0.478 e. The number of carboxylic acid groups (broad SMARTS) is 1. The first-order chi connectivity index (χ1) is 9.79. The van der Waals surface area contributed by atoms with E-state index in [1.54, 1.807) is 0 Å². The van der Waals surface area contributed by atoms with Crippen LogP contribution in [0.3, 0.4) is 0 Å². The molecule has 21 heavy (non-hydrogen) atoms. The Morgan fingerprint density at radius 1 is 1.10 bits per heavy atom. The first-order valence-electron chi connectivity index (χ1n) is 5.66. The minimum atomic E-state index is -4.61. The average molecular weight is 317 g/mol. The fourth-order valence-corrected chi connectivity index (χ4v) is 1.83. The van der Waals surface area contributed by atoms with E-state index in [0.29, 0.717) is 0 Å². The SMILES string of the molecule is O=C(O)c1ccc(Cl)cc1Oc1ccccc1C(F)(F)F. The molecule has 3 nitrogen and oxygen atoms in total. The van der Waals surface area contributed by atoms with E-state index in [-0.39, 0.29) is 16.3 Å². The van der Waals surface area contributed by atoms with Gasteiger partial charge in [-0.3, -0.25) is 0 Å². The zero-order chi connectivity index (χ0) is 15.6. The molecule has 0 bridgehead atoms. The molecule has 0 saturated heterocycles. The summed E-state index contributed by atoms with van der Waals surface area (Å²) in [6, 6.07) is 8.15. The van der Waals surface area contributed by atoms with Crippen LogP contribution in [0.1, 0.15) is 15.9 Å². The Balaban J connectivity index is 2.49. The fourth-order valence-electron chi connectivity index (χ4n) is 1.67. The zero-order valence-corrected chi connectivity index (χ0v) is 11.1. The van der Waals surface area contributed by atoms with Crippen LogP contribution < -0.4 is 4.74 Å². The van der Waals surface area contributed by atoms with Gasteiger partial charge in [0.15, 0.2) is 0 Å². The van der Waals surface area contributed by atoms with Gasteiger partial charge in [-0.15, -0.1) is 0 Å². The van der Waals surface area contributed by atoms with E-state index in [4.69, 9.17) is 21.4 Å². The molecule has 0 aliphatic carbocycles. The third kappa shape index (κ3) is 3.46. The van der Waals surface area contributed by atoms with Crippen LogP contribution in [0.15, 0.2) is 42.5 Å². The van der Waals surface area contributed by atoms with Gasteiger partial charge in [0, 0.05) is 11.1 Å². The van der Waals surface area contributed by atoms with Gasteiger partial charge in [-0.1, -0.05) is 23.7 Å². The van der Waals surface area contributed by atoms with Gasteiger partial charge < -0.3 is 9.84 Å². The van der Waals surface area contributed by atoms with Crippen LogP contribution in [-0.4, -0.2) is 11.1 Å². The highest BCUT2D eigenvalue weighted by Crippen LogP contribution is 2.39. The first-order valence-corrected chi connectivity index (χ1v) is 6.04. The third-order valence-corrected chi connectivity index (χ3v) is 2.82. The van der Waals surface area contributed by atoms with E-state index in [9.17, 15) is 18.0 Å². The molecule has 110 valence electrons. The molecule has 7 heteroatoms. The topological polar surface area (TPSA) is 46.5 Å². The Bertz CT molecular complexity index is 683. The summed E-state index contributed by atoms with van der Waals surface area (Å²) in [5.74, 6) is -2.08. The van der Waals surface area contributed by atoms with Crippen molar-refractivity contribution >= 4 is 17.6 Å². The summed E-state index contributed by atoms with van der Waals surface area (Å²) in [4.78, 5) is 11.1. The van der Waals surface area contributed by atoms with Crippen LogP contribution in [0.25, 0.3) is 0 Å². The second kappa shape index (κ2) is 5.65. The van der Waals surface area contributed by atoms with Crippen LogP contribution in [0.2, 0.25) is 5.02 Å². The van der Waals surface area contributed by atoms with Crippen molar-refractivity contribution in [2.75, 3.05) is 0 Å². The molecule has 0 aromatic heterocycles. The molecule has 0 aliphatic rings. The number of hydrogen-bond acceptors (Lipinski definition) is 2. The molecule has 1 N–H and O–H groups in total. The maximum Gasteiger partial charge on any atom is 0.419 e. The maximum absolute atomic E-state index is 12.9. The van der Waals surface area contributed by atoms with Crippen molar-refractivity contribution < 1.29 is 27.8 Å². The summed E-state index contributed by atoms with van der Waals surface area (Å²) in [6.45, 7) is 0. The number of rotatable bonds is 3. The van der Waals surface area contributed by atoms with Gasteiger partial charge in [-0.25, -0.2) is 4.79 Å². The van der Waals surface area contributed by atoms with Gasteiger partial charge >= 0.3 is 12.1 Å². The Kier molecular flexibility index (Phi) is 4.09. The molecule has 0 heterocycles. The molecule has 0 saturated carbocycles. The van der Waals surface area contributed by atoms with Gasteiger partial charge in [0.2, 0.25) is 0 Å². The standard InChI is InChI=1S/C14H8ClF3O3/c15-8-5-6-9(13(19)20)12(7-8)21-11-4-2-1-3-10(11)14(16,17)18/h1-7H,(H,19,20). The summed E-state index contributed by atoms with van der Waals surface area (Å²) >= 11 is 5.72. The molecule has 2 aromatic carbocycles. The summed E-state index contributed by atoms with van der Waals surface area (Å²) in [6.07, 6.45) is -4.61. The molecule has 0 spiro atoms. The maximum atomic E-state index is 12.9. The number of ether oxygens (including phenoxy) is 1. The lowest BCUT2D eigenvalue weighted by molar-refractivity contribution is -0.138. The van der Waals surface area contributed by atoms with Gasteiger partial charge in [-0.2, -0.15) is 13.2 Å². The highest BCUT2D eigenvalue weighted by Gasteiger charge is 2.34. The molecule has 0 radical (unpaired) electrons. The Morgan fingerprint density at radius 3 is 2.38 bits per heavy atom. The number of hydrogen-bond donors (Lipinski definition) is 1. The lowest BCUT2D eigenvalue weighted by Crippen LogP contribution is -2.08. The minimum absolute atomic E-state index is 0.152. The normalized spacial score (nSPS) is 11.2. The van der Waals surface area contributed by atoms with E-state index in [1.807, 2.05) is 0 Å². The van der Waals surface area contributed by atoms with Gasteiger partial charge in [-0.05, 0) is 24.3 Å². The Hall–Kier alpha value is -2.21. The molecule has 2 aromatic rings. The lowest BCUT2D eigenvalue weighted by Gasteiger charge is -2.14. The summed E-state index contributed by atoms with van der Waals surface area (Å²) in [5.41, 5.74) is -1.28. The van der Waals surface area contributed by atoms with Crippen LogP contribution in [0.5, 0.6) is 11.5 Å². The van der Waals surface area contributed by atoms with Crippen molar-refractivity contribution in [1.82, 2.24) is 0 Å². The number of carboxylic acids is 1. The van der Waals surface area contributed by atoms with Gasteiger partial charge in [0.1, 0.15) is 17.1 Å². The highest BCUT2D eigenvalue weighted by molar-refractivity contribution is 6.30. The molecule has 0 fully saturated rings. The molecule has 0 unspecified atom stereocenters. The van der Waals surface area contributed by atoms with Crippen LogP contribution >= 0.6 is 11.6 Å². The number of halogens is 4. The van der Waals surface area contributed by atoms with E-state index in [2.05, 4.69) is 0 Å². The van der Waals surface area contributed by atoms with Crippen molar-refractivity contribution in [3.8, 4) is 11.5 Å². The summed E-state index contributed by atoms with van der Waals surface area (Å²) in [7, 11) is 0. The third-order valence-electron chi connectivity index (χ3n) is 2.59. The molecule has 0 atom stereocenters. The van der Waals surface area contributed by atoms with E-state index >= 15 is 0 Å². The van der Waals surface area contributed by atoms with Crippen molar-refractivity contribution in [2.45, 2.75) is 6.18 Å². The van der Waals surface area contributed by atoms with Crippen LogP contribution in [0, 0.1) is 0 Å². The van der Waals surface area contributed by atoms with Crippen molar-refractivity contribution in [3.05, 3.63) is 58.6 Å². The second-order valence-corrected chi connectivity index (χ2v) is 4.48. The number of benzene rings is 2. The second-order valence-electron chi connectivity index (χ2n) is 4.04. The van der Waals surface area contributed by atoms with E-state index in [0.717, 1.165) is 24.3 Å². The van der Waals surface area contributed by atoms with E-state index in [1.165, 1.54) is 18.2 Å². The Labute approximate surface area is 122 Å². The Morgan fingerprint density at radius 2 is 1.76 bits per heavy atom.